The summed E-state index contributed by atoms with van der Waals surface area (Å²) in [5, 5.41) is 2.77. The van der Waals surface area contributed by atoms with Gasteiger partial charge in [0.2, 0.25) is 0 Å². The second kappa shape index (κ2) is 8.27. The first-order chi connectivity index (χ1) is 14.1. The molecule has 0 unspecified atom stereocenters. The molecule has 0 radical (unpaired) electrons. The molecule has 1 fully saturated rings. The fourth-order valence-electron chi connectivity index (χ4n) is 3.23. The molecular weight excluding hydrogens is 367 g/mol. The van der Waals surface area contributed by atoms with Crippen LogP contribution in [-0.4, -0.2) is 22.8 Å². The molecule has 5 heteroatoms. The van der Waals surface area contributed by atoms with Gasteiger partial charge in [0.1, 0.15) is 5.82 Å². The van der Waals surface area contributed by atoms with Crippen LogP contribution in [0.25, 0.3) is 0 Å². The first kappa shape index (κ1) is 18.9. The van der Waals surface area contributed by atoms with Gasteiger partial charge in [0, 0.05) is 29.4 Å². The van der Waals surface area contributed by atoms with Gasteiger partial charge in [-0.1, -0.05) is 36.4 Å². The minimum atomic E-state index is -0.396. The zero-order chi connectivity index (χ0) is 20.2. The van der Waals surface area contributed by atoms with Gasteiger partial charge in [0.25, 0.3) is 11.8 Å². The molecule has 0 heterocycles. The molecule has 4 nitrogen and oxygen atoms in total. The van der Waals surface area contributed by atoms with E-state index < -0.39 is 5.82 Å². The van der Waals surface area contributed by atoms with E-state index in [1.54, 1.807) is 24.3 Å². The summed E-state index contributed by atoms with van der Waals surface area (Å²) in [6, 6.07) is 22.5. The van der Waals surface area contributed by atoms with Crippen molar-refractivity contribution in [2.45, 2.75) is 25.4 Å². The van der Waals surface area contributed by atoms with Crippen molar-refractivity contribution in [2.75, 3.05) is 5.32 Å². The maximum atomic E-state index is 13.1. The lowest BCUT2D eigenvalue weighted by atomic mass is 10.1. The standard InChI is InChI=1S/C24H21FN2O2/c25-20-11-9-18(10-12-20)23(28)26-21-8-4-7-19(15-21)24(29)27(22-13-14-22)16-17-5-2-1-3-6-17/h1-12,15,22H,13-14,16H2,(H,26,28). The molecule has 0 aliphatic heterocycles. The Balaban J connectivity index is 1.50. The summed E-state index contributed by atoms with van der Waals surface area (Å²) in [7, 11) is 0. The number of rotatable bonds is 6. The molecule has 146 valence electrons. The third-order valence-corrected chi connectivity index (χ3v) is 4.92. The predicted molar refractivity (Wildman–Crippen MR) is 110 cm³/mol. The lowest BCUT2D eigenvalue weighted by molar-refractivity contribution is 0.0729. The van der Waals surface area contributed by atoms with Crippen LogP contribution in [-0.2, 0) is 6.54 Å². The zero-order valence-corrected chi connectivity index (χ0v) is 15.8. The van der Waals surface area contributed by atoms with Gasteiger partial charge < -0.3 is 10.2 Å². The quantitative estimate of drug-likeness (QED) is 0.654. The highest BCUT2D eigenvalue weighted by molar-refractivity contribution is 6.05. The Bertz CT molecular complexity index is 1010. The molecule has 1 saturated carbocycles. The summed E-state index contributed by atoms with van der Waals surface area (Å²) < 4.78 is 13.0. The Kier molecular flexibility index (Phi) is 5.38. The predicted octanol–water partition coefficient (Wildman–Crippen LogP) is 4.88. The van der Waals surface area contributed by atoms with E-state index in [2.05, 4.69) is 5.32 Å². The maximum absolute atomic E-state index is 13.1. The number of nitrogens with zero attached hydrogens (tertiary/aromatic N) is 1. The SMILES string of the molecule is O=C(Nc1cccc(C(=O)N(Cc2ccccc2)C2CC2)c1)c1ccc(F)cc1. The largest absolute Gasteiger partial charge is 0.331 e. The average Bonchev–Trinajstić information content (AvgIpc) is 3.58. The zero-order valence-electron chi connectivity index (χ0n) is 15.8. The van der Waals surface area contributed by atoms with Crippen molar-refractivity contribution in [3.63, 3.8) is 0 Å². The lowest BCUT2D eigenvalue weighted by Crippen LogP contribution is -2.32. The topological polar surface area (TPSA) is 49.4 Å². The fourth-order valence-corrected chi connectivity index (χ4v) is 3.23. The first-order valence-electron chi connectivity index (χ1n) is 9.62. The van der Waals surface area contributed by atoms with Crippen LogP contribution in [0.3, 0.4) is 0 Å². The number of hydrogen-bond donors (Lipinski definition) is 1. The minimum Gasteiger partial charge on any atom is -0.331 e. The van der Waals surface area contributed by atoms with E-state index in [-0.39, 0.29) is 17.9 Å². The number of amides is 2. The fraction of sp³-hybridized carbons (Fsp3) is 0.167. The van der Waals surface area contributed by atoms with Gasteiger partial charge in [0.15, 0.2) is 0 Å². The molecule has 3 aromatic carbocycles. The van der Waals surface area contributed by atoms with Gasteiger partial charge in [-0.2, -0.15) is 0 Å². The first-order valence-corrected chi connectivity index (χ1v) is 9.62. The molecule has 1 aliphatic rings. The number of hydrogen-bond acceptors (Lipinski definition) is 2. The Morgan fingerprint density at radius 3 is 2.31 bits per heavy atom. The molecule has 4 rings (SSSR count). The van der Waals surface area contributed by atoms with Crippen molar-refractivity contribution in [1.82, 2.24) is 4.90 Å². The highest BCUT2D eigenvalue weighted by atomic mass is 19.1. The van der Waals surface area contributed by atoms with Crippen LogP contribution in [0.5, 0.6) is 0 Å². The summed E-state index contributed by atoms with van der Waals surface area (Å²) in [5.41, 5.74) is 2.51. The molecule has 0 spiro atoms. The van der Waals surface area contributed by atoms with E-state index in [1.807, 2.05) is 35.2 Å². The lowest BCUT2D eigenvalue weighted by Gasteiger charge is -2.23. The van der Waals surface area contributed by atoms with Crippen molar-refractivity contribution < 1.29 is 14.0 Å². The van der Waals surface area contributed by atoms with Gasteiger partial charge in [-0.25, -0.2) is 4.39 Å². The number of halogens is 1. The van der Waals surface area contributed by atoms with Crippen LogP contribution in [0.4, 0.5) is 10.1 Å². The van der Waals surface area contributed by atoms with Gasteiger partial charge in [-0.3, -0.25) is 9.59 Å². The minimum absolute atomic E-state index is 0.0470. The summed E-state index contributed by atoms with van der Waals surface area (Å²) in [5.74, 6) is -0.792. The Labute approximate surface area is 169 Å². The average molecular weight is 388 g/mol. The number of anilines is 1. The molecule has 2 amide bonds. The molecule has 0 aromatic heterocycles. The number of carbonyl (C=O) groups is 2. The Morgan fingerprint density at radius 2 is 1.62 bits per heavy atom. The van der Waals surface area contributed by atoms with Crippen molar-refractivity contribution in [1.29, 1.82) is 0 Å². The van der Waals surface area contributed by atoms with Crippen molar-refractivity contribution in [3.8, 4) is 0 Å². The van der Waals surface area contributed by atoms with Gasteiger partial charge in [-0.15, -0.1) is 0 Å². The van der Waals surface area contributed by atoms with Crippen molar-refractivity contribution in [3.05, 3.63) is 101 Å². The molecule has 0 atom stereocenters. The molecular formula is C24H21FN2O2. The Morgan fingerprint density at radius 1 is 0.897 bits per heavy atom. The molecule has 0 saturated heterocycles. The Hall–Kier alpha value is -3.47. The maximum Gasteiger partial charge on any atom is 0.255 e. The van der Waals surface area contributed by atoms with Crippen LogP contribution in [0.15, 0.2) is 78.9 Å². The normalized spacial score (nSPS) is 13.0. The second-order valence-electron chi connectivity index (χ2n) is 7.19. The van der Waals surface area contributed by atoms with Crippen LogP contribution in [0.1, 0.15) is 39.1 Å². The summed E-state index contributed by atoms with van der Waals surface area (Å²) in [6.45, 7) is 0.566. The van der Waals surface area contributed by atoms with Crippen LogP contribution < -0.4 is 5.32 Å². The van der Waals surface area contributed by atoms with Crippen LogP contribution in [0.2, 0.25) is 0 Å². The number of benzene rings is 3. The van der Waals surface area contributed by atoms with Crippen molar-refractivity contribution >= 4 is 17.5 Å². The monoisotopic (exact) mass is 388 g/mol. The summed E-state index contributed by atoms with van der Waals surface area (Å²) >= 11 is 0. The van der Waals surface area contributed by atoms with Gasteiger partial charge in [0.05, 0.1) is 0 Å². The molecule has 3 aromatic rings. The summed E-state index contributed by atoms with van der Waals surface area (Å²) in [4.78, 5) is 27.4. The van der Waals surface area contributed by atoms with E-state index in [4.69, 9.17) is 0 Å². The molecule has 1 N–H and O–H groups in total. The van der Waals surface area contributed by atoms with Crippen molar-refractivity contribution in [2.24, 2.45) is 0 Å². The van der Waals surface area contributed by atoms with Gasteiger partial charge in [-0.05, 0) is 60.9 Å². The van der Waals surface area contributed by atoms with E-state index in [9.17, 15) is 14.0 Å². The van der Waals surface area contributed by atoms with E-state index in [0.717, 1.165) is 18.4 Å². The van der Waals surface area contributed by atoms with E-state index in [1.165, 1.54) is 24.3 Å². The third kappa shape index (κ3) is 4.69. The third-order valence-electron chi connectivity index (χ3n) is 4.92. The molecule has 29 heavy (non-hydrogen) atoms. The smallest absolute Gasteiger partial charge is 0.255 e. The van der Waals surface area contributed by atoms with E-state index >= 15 is 0 Å². The van der Waals surface area contributed by atoms with E-state index in [0.29, 0.717) is 23.4 Å². The van der Waals surface area contributed by atoms with Gasteiger partial charge >= 0.3 is 0 Å². The van der Waals surface area contributed by atoms with Crippen LogP contribution in [0, 0.1) is 5.82 Å². The highest BCUT2D eigenvalue weighted by Crippen LogP contribution is 2.30. The van der Waals surface area contributed by atoms with Crippen LogP contribution >= 0.6 is 0 Å². The molecule has 0 bridgehead atoms. The molecule has 1 aliphatic carbocycles. The second-order valence-corrected chi connectivity index (χ2v) is 7.19. The number of carbonyl (C=O) groups excluding carboxylic acids is 2. The summed E-state index contributed by atoms with van der Waals surface area (Å²) in [6.07, 6.45) is 2.03. The highest BCUT2D eigenvalue weighted by Gasteiger charge is 2.33. The number of nitrogens with one attached hydrogen (secondary N) is 1.